The van der Waals surface area contributed by atoms with E-state index in [0.29, 0.717) is 17.7 Å². The summed E-state index contributed by atoms with van der Waals surface area (Å²) in [5.74, 6) is 0.847. The van der Waals surface area contributed by atoms with Crippen molar-refractivity contribution in [3.63, 3.8) is 0 Å². The minimum atomic E-state index is 0.447. The van der Waals surface area contributed by atoms with Crippen molar-refractivity contribution in [1.29, 1.82) is 10.5 Å². The zero-order valence-electron chi connectivity index (χ0n) is 15.4. The second kappa shape index (κ2) is 7.14. The van der Waals surface area contributed by atoms with Gasteiger partial charge in [0, 0.05) is 21.5 Å². The predicted molar refractivity (Wildman–Crippen MR) is 109 cm³/mol. The molecule has 0 saturated carbocycles. The van der Waals surface area contributed by atoms with Crippen LogP contribution in [0.15, 0.2) is 42.5 Å². The van der Waals surface area contributed by atoms with Crippen molar-refractivity contribution in [2.24, 2.45) is 0 Å². The Hall–Kier alpha value is -3.30. The van der Waals surface area contributed by atoms with Crippen molar-refractivity contribution in [2.45, 2.75) is 32.6 Å². The van der Waals surface area contributed by atoms with E-state index in [0.717, 1.165) is 44.5 Å². The lowest BCUT2D eigenvalue weighted by Crippen LogP contribution is -1.99. The van der Waals surface area contributed by atoms with Gasteiger partial charge < -0.3 is 4.74 Å². The highest BCUT2D eigenvalue weighted by Gasteiger charge is 2.19. The molecule has 0 spiro atoms. The Morgan fingerprint density at radius 2 is 1.52 bits per heavy atom. The summed E-state index contributed by atoms with van der Waals surface area (Å²) in [5, 5.41) is 25.2. The quantitative estimate of drug-likeness (QED) is 0.303. The van der Waals surface area contributed by atoms with Crippen molar-refractivity contribution in [1.82, 2.24) is 0 Å². The summed E-state index contributed by atoms with van der Waals surface area (Å²) in [6.45, 7) is 2.89. The Balaban J connectivity index is 1.94. The molecule has 0 heterocycles. The van der Waals surface area contributed by atoms with E-state index in [1.165, 1.54) is 19.3 Å². The second-order valence-electron chi connectivity index (χ2n) is 6.89. The SMILES string of the molecule is CCCCCCOc1ccc2c(C#N)c(C#N)c3cccc4ccc1c2c43. The predicted octanol–water partition coefficient (Wildman–Crippen LogP) is 6.29. The number of rotatable bonds is 6. The van der Waals surface area contributed by atoms with Gasteiger partial charge in [-0.25, -0.2) is 0 Å². The van der Waals surface area contributed by atoms with Crippen LogP contribution in [0.1, 0.15) is 43.7 Å². The van der Waals surface area contributed by atoms with E-state index in [1.807, 2.05) is 30.3 Å². The molecule has 0 N–H and O–H groups in total. The van der Waals surface area contributed by atoms with Crippen LogP contribution in [-0.4, -0.2) is 6.61 Å². The van der Waals surface area contributed by atoms with Gasteiger partial charge in [-0.1, -0.05) is 50.5 Å². The highest BCUT2D eigenvalue weighted by Crippen LogP contribution is 2.41. The average Bonchev–Trinajstić information content (AvgIpc) is 2.71. The minimum absolute atomic E-state index is 0.447. The molecule has 0 unspecified atom stereocenters. The summed E-state index contributed by atoms with van der Waals surface area (Å²) in [6, 6.07) is 18.4. The Bertz CT molecular complexity index is 1210. The van der Waals surface area contributed by atoms with Gasteiger partial charge in [-0.3, -0.25) is 0 Å². The molecule has 0 fully saturated rings. The molecule has 0 aromatic heterocycles. The number of ether oxygens (including phenoxy) is 1. The Morgan fingerprint density at radius 3 is 2.26 bits per heavy atom. The summed E-state index contributed by atoms with van der Waals surface area (Å²) in [7, 11) is 0. The molecule has 4 rings (SSSR count). The molecule has 0 radical (unpaired) electrons. The highest BCUT2D eigenvalue weighted by atomic mass is 16.5. The second-order valence-corrected chi connectivity index (χ2v) is 6.89. The van der Waals surface area contributed by atoms with Crippen LogP contribution in [0.5, 0.6) is 5.75 Å². The molecule has 27 heavy (non-hydrogen) atoms. The van der Waals surface area contributed by atoms with Gasteiger partial charge in [0.25, 0.3) is 0 Å². The van der Waals surface area contributed by atoms with Crippen LogP contribution in [-0.2, 0) is 0 Å². The number of hydrogen-bond donors (Lipinski definition) is 0. The van der Waals surface area contributed by atoms with Crippen molar-refractivity contribution < 1.29 is 4.74 Å². The lowest BCUT2D eigenvalue weighted by molar-refractivity contribution is 0.308. The first-order valence-electron chi connectivity index (χ1n) is 9.46. The molecule has 3 heteroatoms. The third-order valence-corrected chi connectivity index (χ3v) is 5.25. The number of unbranched alkanes of at least 4 members (excludes halogenated alkanes) is 3. The van der Waals surface area contributed by atoms with Crippen LogP contribution < -0.4 is 4.74 Å². The summed E-state index contributed by atoms with van der Waals surface area (Å²) < 4.78 is 6.09. The summed E-state index contributed by atoms with van der Waals surface area (Å²) in [4.78, 5) is 0. The zero-order chi connectivity index (χ0) is 18.8. The smallest absolute Gasteiger partial charge is 0.127 e. The molecule has 0 aliphatic rings. The molecule has 0 saturated heterocycles. The number of benzene rings is 4. The van der Waals surface area contributed by atoms with E-state index in [4.69, 9.17) is 4.74 Å². The average molecular weight is 352 g/mol. The Morgan fingerprint density at radius 1 is 0.778 bits per heavy atom. The third kappa shape index (κ3) is 2.73. The molecular formula is C24H20N2O. The van der Waals surface area contributed by atoms with Gasteiger partial charge in [0.1, 0.15) is 17.9 Å². The van der Waals surface area contributed by atoms with Crippen molar-refractivity contribution >= 4 is 32.3 Å². The summed E-state index contributed by atoms with van der Waals surface area (Å²) >= 11 is 0. The van der Waals surface area contributed by atoms with Gasteiger partial charge in [-0.2, -0.15) is 10.5 Å². The van der Waals surface area contributed by atoms with Crippen molar-refractivity contribution in [3.05, 3.63) is 53.6 Å². The van der Waals surface area contributed by atoms with Crippen LogP contribution in [0.4, 0.5) is 0 Å². The lowest BCUT2D eigenvalue weighted by Gasteiger charge is -2.16. The molecule has 4 aromatic rings. The maximum Gasteiger partial charge on any atom is 0.127 e. The van der Waals surface area contributed by atoms with E-state index >= 15 is 0 Å². The zero-order valence-corrected chi connectivity index (χ0v) is 15.4. The molecule has 0 aliphatic heterocycles. The van der Waals surface area contributed by atoms with Crippen molar-refractivity contribution in [2.75, 3.05) is 6.61 Å². The number of nitrogens with zero attached hydrogens (tertiary/aromatic N) is 2. The Labute approximate surface area is 158 Å². The molecule has 4 aromatic carbocycles. The normalized spacial score (nSPS) is 11.1. The lowest BCUT2D eigenvalue weighted by atomic mass is 9.88. The van der Waals surface area contributed by atoms with E-state index in [1.54, 1.807) is 0 Å². The molecule has 132 valence electrons. The molecule has 0 atom stereocenters. The topological polar surface area (TPSA) is 56.8 Å². The largest absolute Gasteiger partial charge is 0.493 e. The van der Waals surface area contributed by atoms with Crippen LogP contribution >= 0.6 is 0 Å². The minimum Gasteiger partial charge on any atom is -0.493 e. The maximum absolute atomic E-state index is 9.73. The van der Waals surface area contributed by atoms with Crippen molar-refractivity contribution in [3.8, 4) is 17.9 Å². The molecular weight excluding hydrogens is 332 g/mol. The fourth-order valence-corrected chi connectivity index (χ4v) is 3.95. The number of nitriles is 2. The summed E-state index contributed by atoms with van der Waals surface area (Å²) in [6.07, 6.45) is 4.64. The van der Waals surface area contributed by atoms with Gasteiger partial charge >= 0.3 is 0 Å². The van der Waals surface area contributed by atoms with Gasteiger partial charge in [-0.05, 0) is 35.4 Å². The fraction of sp³-hybridized carbons (Fsp3) is 0.250. The Kier molecular flexibility index (Phi) is 4.53. The van der Waals surface area contributed by atoms with E-state index in [-0.39, 0.29) is 0 Å². The van der Waals surface area contributed by atoms with Gasteiger partial charge in [-0.15, -0.1) is 0 Å². The van der Waals surface area contributed by atoms with E-state index < -0.39 is 0 Å². The van der Waals surface area contributed by atoms with E-state index in [2.05, 4.69) is 31.2 Å². The molecule has 0 aliphatic carbocycles. The molecule has 0 amide bonds. The molecule has 3 nitrogen and oxygen atoms in total. The fourth-order valence-electron chi connectivity index (χ4n) is 3.95. The van der Waals surface area contributed by atoms with Crippen LogP contribution in [0.2, 0.25) is 0 Å². The first-order valence-corrected chi connectivity index (χ1v) is 9.46. The van der Waals surface area contributed by atoms with Gasteiger partial charge in [0.05, 0.1) is 17.7 Å². The maximum atomic E-state index is 9.73. The third-order valence-electron chi connectivity index (χ3n) is 5.25. The van der Waals surface area contributed by atoms with Gasteiger partial charge in [0.2, 0.25) is 0 Å². The standard InChI is InChI=1S/C24H20N2O/c1-2-3-4-5-13-27-22-12-11-18-21(15-26)20(14-25)17-8-6-7-16-9-10-19(22)24(18)23(16)17/h6-12H,2-5,13H2,1H3. The molecule has 0 bridgehead atoms. The van der Waals surface area contributed by atoms with Crippen LogP contribution in [0.25, 0.3) is 32.3 Å². The van der Waals surface area contributed by atoms with Crippen LogP contribution in [0.3, 0.4) is 0 Å². The van der Waals surface area contributed by atoms with E-state index in [9.17, 15) is 10.5 Å². The van der Waals surface area contributed by atoms with Crippen LogP contribution in [0, 0.1) is 22.7 Å². The van der Waals surface area contributed by atoms with Gasteiger partial charge in [0.15, 0.2) is 0 Å². The monoisotopic (exact) mass is 352 g/mol. The number of hydrogen-bond acceptors (Lipinski definition) is 3. The summed E-state index contributed by atoms with van der Waals surface area (Å²) in [5.41, 5.74) is 0.902. The first kappa shape index (κ1) is 17.1. The highest BCUT2D eigenvalue weighted by molar-refractivity contribution is 6.26. The first-order chi connectivity index (χ1) is 13.3.